The van der Waals surface area contributed by atoms with Crippen molar-refractivity contribution in [3.05, 3.63) is 34.9 Å². The Labute approximate surface area is 75.2 Å². The van der Waals surface area contributed by atoms with E-state index in [9.17, 15) is 0 Å². The normalized spacial score (nSPS) is 12.1. The molecule has 0 aliphatic carbocycles. The fraction of sp³-hybridized carbons (Fsp3) is 0.125. The van der Waals surface area contributed by atoms with Gasteiger partial charge in [0.1, 0.15) is 5.38 Å². The van der Waals surface area contributed by atoms with E-state index in [1.165, 1.54) is 0 Å². The van der Waals surface area contributed by atoms with Gasteiger partial charge >= 0.3 is 0 Å². The summed E-state index contributed by atoms with van der Waals surface area (Å²) in [5.41, 5.74) is 0.776. The molecule has 1 aromatic rings. The highest BCUT2D eigenvalue weighted by Crippen LogP contribution is 2.20. The highest BCUT2D eigenvalue weighted by atomic mass is 35.5. The van der Waals surface area contributed by atoms with E-state index in [2.05, 4.69) is 0 Å². The lowest BCUT2D eigenvalue weighted by molar-refractivity contribution is 1.21. The van der Waals surface area contributed by atoms with Crippen molar-refractivity contribution in [1.82, 2.24) is 0 Å². The second kappa shape index (κ2) is 3.61. The van der Waals surface area contributed by atoms with Crippen molar-refractivity contribution in [3.8, 4) is 6.07 Å². The lowest BCUT2D eigenvalue weighted by Crippen LogP contribution is -1.83. The molecular weight excluding hydrogens is 181 g/mol. The van der Waals surface area contributed by atoms with Crippen LogP contribution in [0.1, 0.15) is 10.9 Å². The van der Waals surface area contributed by atoms with Gasteiger partial charge < -0.3 is 0 Å². The number of benzene rings is 1. The van der Waals surface area contributed by atoms with Crippen LogP contribution in [0.2, 0.25) is 5.02 Å². The summed E-state index contributed by atoms with van der Waals surface area (Å²) in [4.78, 5) is 0. The Balaban J connectivity index is 2.92. The van der Waals surface area contributed by atoms with Crippen LogP contribution in [-0.4, -0.2) is 0 Å². The standard InChI is InChI=1S/C8H5Cl2N/c9-7-3-1-6(2-4-7)8(10)5-11/h1-4,8H/t8-/m1/s1. The van der Waals surface area contributed by atoms with Gasteiger partial charge in [-0.05, 0) is 17.7 Å². The summed E-state index contributed by atoms with van der Waals surface area (Å²) in [6.45, 7) is 0. The number of nitrogens with zero attached hydrogens (tertiary/aromatic N) is 1. The minimum atomic E-state index is -0.577. The first-order valence-corrected chi connectivity index (χ1v) is 3.84. The SMILES string of the molecule is N#C[C@@H](Cl)c1ccc(Cl)cc1. The van der Waals surface area contributed by atoms with Crippen molar-refractivity contribution in [2.24, 2.45) is 0 Å². The molecule has 56 valence electrons. The molecule has 1 atom stereocenters. The molecule has 1 rings (SSSR count). The predicted molar refractivity (Wildman–Crippen MR) is 45.7 cm³/mol. The topological polar surface area (TPSA) is 23.8 Å². The van der Waals surface area contributed by atoms with Crippen molar-refractivity contribution < 1.29 is 0 Å². The van der Waals surface area contributed by atoms with E-state index in [1.807, 2.05) is 6.07 Å². The van der Waals surface area contributed by atoms with Crippen LogP contribution in [0.15, 0.2) is 24.3 Å². The highest BCUT2D eigenvalue weighted by molar-refractivity contribution is 6.30. The van der Waals surface area contributed by atoms with Crippen molar-refractivity contribution in [2.45, 2.75) is 5.38 Å². The molecule has 0 amide bonds. The number of halogens is 2. The largest absolute Gasteiger partial charge is 0.196 e. The van der Waals surface area contributed by atoms with Crippen LogP contribution >= 0.6 is 23.2 Å². The molecule has 1 nitrogen and oxygen atoms in total. The number of alkyl halides is 1. The lowest BCUT2D eigenvalue weighted by atomic mass is 10.2. The summed E-state index contributed by atoms with van der Waals surface area (Å²) < 4.78 is 0. The van der Waals surface area contributed by atoms with E-state index in [0.29, 0.717) is 5.02 Å². The zero-order valence-electron chi connectivity index (χ0n) is 5.59. The van der Waals surface area contributed by atoms with E-state index < -0.39 is 5.38 Å². The van der Waals surface area contributed by atoms with Gasteiger partial charge in [0.15, 0.2) is 0 Å². The van der Waals surface area contributed by atoms with Crippen LogP contribution in [0.5, 0.6) is 0 Å². The second-order valence-electron chi connectivity index (χ2n) is 2.04. The van der Waals surface area contributed by atoms with Crippen molar-refractivity contribution in [2.75, 3.05) is 0 Å². The molecular formula is C8H5Cl2N. The molecule has 0 aliphatic rings. The molecule has 0 spiro atoms. The fourth-order valence-corrected chi connectivity index (χ4v) is 0.978. The number of hydrogen-bond acceptors (Lipinski definition) is 1. The molecule has 0 unspecified atom stereocenters. The summed E-state index contributed by atoms with van der Waals surface area (Å²) in [6, 6.07) is 8.83. The minimum absolute atomic E-state index is 0.577. The summed E-state index contributed by atoms with van der Waals surface area (Å²) in [5.74, 6) is 0. The van der Waals surface area contributed by atoms with Gasteiger partial charge in [-0.3, -0.25) is 0 Å². The molecule has 0 fully saturated rings. The first kappa shape index (κ1) is 8.39. The summed E-state index contributed by atoms with van der Waals surface area (Å²) in [6.07, 6.45) is 0. The van der Waals surface area contributed by atoms with E-state index in [1.54, 1.807) is 24.3 Å². The Bertz CT molecular complexity index is 273. The predicted octanol–water partition coefficient (Wildman–Crippen LogP) is 3.14. The van der Waals surface area contributed by atoms with Crippen LogP contribution in [0.3, 0.4) is 0 Å². The third-order valence-electron chi connectivity index (χ3n) is 1.28. The highest BCUT2D eigenvalue weighted by Gasteiger charge is 2.03. The Kier molecular flexibility index (Phi) is 2.76. The quantitative estimate of drug-likeness (QED) is 0.618. The maximum atomic E-state index is 8.44. The second-order valence-corrected chi connectivity index (χ2v) is 2.92. The smallest absolute Gasteiger partial charge is 0.145 e. The van der Waals surface area contributed by atoms with Gasteiger partial charge in [-0.2, -0.15) is 5.26 Å². The zero-order valence-corrected chi connectivity index (χ0v) is 7.10. The molecule has 0 bridgehead atoms. The van der Waals surface area contributed by atoms with E-state index in [-0.39, 0.29) is 0 Å². The molecule has 0 saturated carbocycles. The molecule has 0 aliphatic heterocycles. The van der Waals surface area contributed by atoms with Gasteiger partial charge in [-0.25, -0.2) is 0 Å². The molecule has 1 aromatic carbocycles. The molecule has 0 N–H and O–H groups in total. The van der Waals surface area contributed by atoms with Gasteiger partial charge in [-0.15, -0.1) is 11.6 Å². The van der Waals surface area contributed by atoms with Gasteiger partial charge in [0, 0.05) is 5.02 Å². The average molecular weight is 186 g/mol. The maximum Gasteiger partial charge on any atom is 0.145 e. The third-order valence-corrected chi connectivity index (χ3v) is 1.88. The summed E-state index contributed by atoms with van der Waals surface area (Å²) >= 11 is 11.3. The molecule has 0 radical (unpaired) electrons. The Hall–Kier alpha value is -0.710. The van der Waals surface area contributed by atoms with Crippen molar-refractivity contribution in [1.29, 1.82) is 5.26 Å². The van der Waals surface area contributed by atoms with E-state index >= 15 is 0 Å². The summed E-state index contributed by atoms with van der Waals surface area (Å²) in [5, 5.41) is 8.51. The van der Waals surface area contributed by atoms with Crippen LogP contribution in [0.4, 0.5) is 0 Å². The van der Waals surface area contributed by atoms with E-state index in [0.717, 1.165) is 5.56 Å². The number of rotatable bonds is 1. The van der Waals surface area contributed by atoms with Crippen LogP contribution in [0.25, 0.3) is 0 Å². The number of nitriles is 1. The Morgan fingerprint density at radius 2 is 1.82 bits per heavy atom. The molecule has 11 heavy (non-hydrogen) atoms. The zero-order chi connectivity index (χ0) is 8.27. The third kappa shape index (κ3) is 2.11. The fourth-order valence-electron chi connectivity index (χ4n) is 0.706. The monoisotopic (exact) mass is 185 g/mol. The van der Waals surface area contributed by atoms with Gasteiger partial charge in [0.25, 0.3) is 0 Å². The molecule has 0 saturated heterocycles. The molecule has 0 heterocycles. The Morgan fingerprint density at radius 1 is 1.27 bits per heavy atom. The van der Waals surface area contributed by atoms with Crippen LogP contribution in [-0.2, 0) is 0 Å². The van der Waals surface area contributed by atoms with E-state index in [4.69, 9.17) is 28.5 Å². The lowest BCUT2D eigenvalue weighted by Gasteiger charge is -1.98. The van der Waals surface area contributed by atoms with Gasteiger partial charge in [0.05, 0.1) is 6.07 Å². The van der Waals surface area contributed by atoms with Crippen molar-refractivity contribution >= 4 is 23.2 Å². The van der Waals surface area contributed by atoms with Gasteiger partial charge in [-0.1, -0.05) is 23.7 Å². The Morgan fingerprint density at radius 3 is 2.27 bits per heavy atom. The van der Waals surface area contributed by atoms with Gasteiger partial charge in [0.2, 0.25) is 0 Å². The molecule has 3 heteroatoms. The summed E-state index contributed by atoms with van der Waals surface area (Å²) in [7, 11) is 0. The minimum Gasteiger partial charge on any atom is -0.196 e. The van der Waals surface area contributed by atoms with Crippen LogP contribution in [0, 0.1) is 11.3 Å². The first-order chi connectivity index (χ1) is 5.24. The maximum absolute atomic E-state index is 8.44. The average Bonchev–Trinajstić information content (AvgIpc) is 2.05. The number of hydrogen-bond donors (Lipinski definition) is 0. The van der Waals surface area contributed by atoms with Crippen molar-refractivity contribution in [3.63, 3.8) is 0 Å². The molecule has 0 aromatic heterocycles. The van der Waals surface area contributed by atoms with Crippen LogP contribution < -0.4 is 0 Å². The first-order valence-electron chi connectivity index (χ1n) is 3.03.